The van der Waals surface area contributed by atoms with Gasteiger partial charge in [0.25, 0.3) is 5.91 Å². The van der Waals surface area contributed by atoms with Crippen LogP contribution in [0.1, 0.15) is 5.56 Å². The second-order valence-electron chi connectivity index (χ2n) is 5.86. The summed E-state index contributed by atoms with van der Waals surface area (Å²) >= 11 is 1.34. The molecule has 0 bridgehead atoms. The molecule has 1 heterocycles. The third-order valence-electron chi connectivity index (χ3n) is 4.15. The van der Waals surface area contributed by atoms with Crippen LogP contribution < -0.4 is 19.0 Å². The Morgan fingerprint density at radius 1 is 1.14 bits per heavy atom. The number of hydrogen-bond donors (Lipinski definition) is 0. The van der Waals surface area contributed by atoms with Crippen LogP contribution in [-0.2, 0) is 17.8 Å². The molecule has 0 aliphatic carbocycles. The Labute approximate surface area is 167 Å². The number of ether oxygens (including phenoxy) is 3. The van der Waals surface area contributed by atoms with Crippen molar-refractivity contribution in [2.45, 2.75) is 13.0 Å². The third-order valence-corrected chi connectivity index (χ3v) is 5.24. The number of amides is 1. The Morgan fingerprint density at radius 2 is 1.89 bits per heavy atom. The molecule has 0 radical (unpaired) electrons. The number of thiazole rings is 1. The van der Waals surface area contributed by atoms with E-state index in [1.165, 1.54) is 11.3 Å². The first-order valence-corrected chi connectivity index (χ1v) is 9.31. The van der Waals surface area contributed by atoms with Crippen LogP contribution >= 0.6 is 11.3 Å². The van der Waals surface area contributed by atoms with E-state index in [1.54, 1.807) is 25.9 Å². The van der Waals surface area contributed by atoms with E-state index in [0.29, 0.717) is 22.0 Å². The summed E-state index contributed by atoms with van der Waals surface area (Å²) in [6, 6.07) is 11.0. The lowest BCUT2D eigenvalue weighted by atomic mass is 10.1. The Hall–Kier alpha value is -3.24. The van der Waals surface area contributed by atoms with E-state index in [-0.39, 0.29) is 18.9 Å². The summed E-state index contributed by atoms with van der Waals surface area (Å²) in [4.78, 5) is 17.4. The summed E-state index contributed by atoms with van der Waals surface area (Å²) in [5, 5.41) is 0. The lowest BCUT2D eigenvalue weighted by Crippen LogP contribution is -2.17. The highest BCUT2D eigenvalue weighted by Gasteiger charge is 2.16. The first-order valence-electron chi connectivity index (χ1n) is 8.49. The predicted octanol–water partition coefficient (Wildman–Crippen LogP) is 3.03. The third kappa shape index (κ3) is 3.87. The van der Waals surface area contributed by atoms with E-state index in [9.17, 15) is 4.79 Å². The Bertz CT molecular complexity index is 1120. The van der Waals surface area contributed by atoms with Crippen LogP contribution in [0.5, 0.6) is 17.2 Å². The summed E-state index contributed by atoms with van der Waals surface area (Å²) in [5.74, 6) is 4.36. The lowest BCUT2D eigenvalue weighted by Gasteiger charge is -2.08. The zero-order valence-electron chi connectivity index (χ0n) is 15.9. The summed E-state index contributed by atoms with van der Waals surface area (Å²) in [7, 11) is 4.77. The predicted molar refractivity (Wildman–Crippen MR) is 109 cm³/mol. The molecule has 28 heavy (non-hydrogen) atoms. The van der Waals surface area contributed by atoms with Gasteiger partial charge >= 0.3 is 0 Å². The van der Waals surface area contributed by atoms with Crippen molar-refractivity contribution in [2.24, 2.45) is 4.99 Å². The van der Waals surface area contributed by atoms with Crippen molar-refractivity contribution in [1.29, 1.82) is 0 Å². The Morgan fingerprint density at radius 3 is 2.57 bits per heavy atom. The molecular formula is C21H20N2O4S. The normalized spacial score (nSPS) is 11.3. The second-order valence-corrected chi connectivity index (χ2v) is 6.83. The van der Waals surface area contributed by atoms with Crippen LogP contribution in [0.3, 0.4) is 0 Å². The van der Waals surface area contributed by atoms with Gasteiger partial charge in [0.05, 0.1) is 34.3 Å². The lowest BCUT2D eigenvalue weighted by molar-refractivity contribution is -0.117. The maximum absolute atomic E-state index is 12.6. The van der Waals surface area contributed by atoms with E-state index >= 15 is 0 Å². The van der Waals surface area contributed by atoms with Gasteiger partial charge in [-0.25, -0.2) is 0 Å². The number of terminal acetylenes is 1. The highest BCUT2D eigenvalue weighted by molar-refractivity contribution is 7.16. The van der Waals surface area contributed by atoms with Gasteiger partial charge in [-0.15, -0.1) is 6.42 Å². The topological polar surface area (TPSA) is 62.1 Å². The zero-order valence-corrected chi connectivity index (χ0v) is 16.7. The average molecular weight is 396 g/mol. The SMILES string of the molecule is C#CCn1c(=NC(=O)Cc2cccc(OC)c2)sc2c(OC)ccc(OC)c21. The summed E-state index contributed by atoms with van der Waals surface area (Å²) < 4.78 is 18.7. The Kier molecular flexibility index (Phi) is 6.02. The van der Waals surface area contributed by atoms with Crippen molar-refractivity contribution in [3.63, 3.8) is 0 Å². The molecule has 0 saturated heterocycles. The first kappa shape index (κ1) is 19.5. The fourth-order valence-corrected chi connectivity index (χ4v) is 4.04. The van der Waals surface area contributed by atoms with Crippen LogP contribution in [0.4, 0.5) is 0 Å². The minimum Gasteiger partial charge on any atom is -0.497 e. The molecule has 0 atom stereocenters. The molecule has 0 spiro atoms. The number of carbonyl (C=O) groups excluding carboxylic acids is 1. The largest absolute Gasteiger partial charge is 0.497 e. The van der Waals surface area contributed by atoms with E-state index in [1.807, 2.05) is 36.4 Å². The van der Waals surface area contributed by atoms with Gasteiger partial charge in [0, 0.05) is 0 Å². The van der Waals surface area contributed by atoms with Crippen LogP contribution in [0.2, 0.25) is 0 Å². The number of rotatable bonds is 6. The minimum absolute atomic E-state index is 0.162. The number of fused-ring (bicyclic) bond motifs is 1. The molecule has 0 aliphatic rings. The van der Waals surface area contributed by atoms with Crippen molar-refractivity contribution in [3.05, 3.63) is 46.8 Å². The molecule has 0 aliphatic heterocycles. The van der Waals surface area contributed by atoms with Gasteiger partial charge in [0.15, 0.2) is 4.80 Å². The highest BCUT2D eigenvalue weighted by atomic mass is 32.1. The molecule has 0 N–H and O–H groups in total. The van der Waals surface area contributed by atoms with Crippen molar-refractivity contribution >= 4 is 27.5 Å². The van der Waals surface area contributed by atoms with Gasteiger partial charge in [-0.1, -0.05) is 29.4 Å². The Balaban J connectivity index is 2.09. The van der Waals surface area contributed by atoms with Gasteiger partial charge < -0.3 is 18.8 Å². The summed E-state index contributed by atoms with van der Waals surface area (Å²) in [5.41, 5.74) is 1.59. The fourth-order valence-electron chi connectivity index (χ4n) is 2.88. The van der Waals surface area contributed by atoms with Gasteiger partial charge in [-0.3, -0.25) is 4.79 Å². The number of nitrogens with zero attached hydrogens (tertiary/aromatic N) is 2. The fraction of sp³-hybridized carbons (Fsp3) is 0.238. The maximum atomic E-state index is 12.6. The molecule has 144 valence electrons. The van der Waals surface area contributed by atoms with Crippen molar-refractivity contribution in [2.75, 3.05) is 21.3 Å². The van der Waals surface area contributed by atoms with Crippen LogP contribution in [0, 0.1) is 12.3 Å². The number of benzene rings is 2. The number of hydrogen-bond acceptors (Lipinski definition) is 5. The molecule has 1 amide bonds. The molecule has 0 fully saturated rings. The minimum atomic E-state index is -0.275. The van der Waals surface area contributed by atoms with Crippen molar-refractivity contribution in [1.82, 2.24) is 4.57 Å². The van der Waals surface area contributed by atoms with Gasteiger partial charge in [-0.2, -0.15) is 4.99 Å². The molecule has 0 saturated carbocycles. The zero-order chi connectivity index (χ0) is 20.1. The molecule has 3 rings (SSSR count). The molecule has 6 nitrogen and oxygen atoms in total. The van der Waals surface area contributed by atoms with Crippen molar-refractivity contribution in [3.8, 4) is 29.6 Å². The standard InChI is InChI=1S/C21H20N2O4S/c1-5-11-23-19-16(26-3)9-10-17(27-4)20(19)28-21(23)22-18(24)13-14-7-6-8-15(12-14)25-2/h1,6-10,12H,11,13H2,2-4H3. The molecule has 7 heteroatoms. The molecule has 0 unspecified atom stereocenters. The second kappa shape index (κ2) is 8.63. The quantitative estimate of drug-likeness (QED) is 0.601. The van der Waals surface area contributed by atoms with E-state index in [2.05, 4.69) is 10.9 Å². The van der Waals surface area contributed by atoms with E-state index in [4.69, 9.17) is 20.6 Å². The summed E-state index contributed by atoms with van der Waals surface area (Å²) in [6.45, 7) is 0.259. The number of aromatic nitrogens is 1. The van der Waals surface area contributed by atoms with Crippen LogP contribution in [0.25, 0.3) is 10.2 Å². The van der Waals surface area contributed by atoms with Crippen LogP contribution in [0.15, 0.2) is 41.4 Å². The highest BCUT2D eigenvalue weighted by Crippen LogP contribution is 2.35. The van der Waals surface area contributed by atoms with Gasteiger partial charge in [-0.05, 0) is 29.8 Å². The molecular weight excluding hydrogens is 376 g/mol. The van der Waals surface area contributed by atoms with Gasteiger partial charge in [0.2, 0.25) is 0 Å². The molecule has 2 aromatic carbocycles. The monoisotopic (exact) mass is 396 g/mol. The molecule has 1 aromatic heterocycles. The van der Waals surface area contributed by atoms with Crippen molar-refractivity contribution < 1.29 is 19.0 Å². The van der Waals surface area contributed by atoms with Crippen LogP contribution in [-0.4, -0.2) is 31.8 Å². The maximum Gasteiger partial charge on any atom is 0.252 e. The average Bonchev–Trinajstić information content (AvgIpc) is 3.05. The number of carbonyl (C=O) groups is 1. The smallest absolute Gasteiger partial charge is 0.252 e. The number of methoxy groups -OCH3 is 3. The van der Waals surface area contributed by atoms with Gasteiger partial charge in [0.1, 0.15) is 27.5 Å². The molecule has 3 aromatic rings. The van der Waals surface area contributed by atoms with E-state index in [0.717, 1.165) is 15.8 Å². The first-order chi connectivity index (χ1) is 13.6. The summed E-state index contributed by atoms with van der Waals surface area (Å²) in [6.07, 6.45) is 5.71. The van der Waals surface area contributed by atoms with E-state index < -0.39 is 0 Å².